The molecule has 90 valence electrons. The second kappa shape index (κ2) is 6.83. The lowest BCUT2D eigenvalue weighted by Gasteiger charge is -2.26. The Balaban J connectivity index is 0.000000921. The van der Waals surface area contributed by atoms with Gasteiger partial charge < -0.3 is 9.64 Å². The summed E-state index contributed by atoms with van der Waals surface area (Å²) < 4.78 is 5.45. The van der Waals surface area contributed by atoms with Crippen molar-refractivity contribution in [1.29, 1.82) is 0 Å². The predicted octanol–water partition coefficient (Wildman–Crippen LogP) is 2.45. The molecule has 1 rings (SSSR count). The first kappa shape index (κ1) is 14.4. The monoisotopic (exact) mass is 215 g/mol. The van der Waals surface area contributed by atoms with Crippen molar-refractivity contribution in [3.63, 3.8) is 0 Å². The van der Waals surface area contributed by atoms with Gasteiger partial charge in [0.1, 0.15) is 0 Å². The second-order valence-electron chi connectivity index (χ2n) is 4.01. The Morgan fingerprint density at radius 3 is 2.33 bits per heavy atom. The SMILES string of the molecule is CC.COC1(C)CCCN(C(C)=O)CC1. The fourth-order valence-corrected chi connectivity index (χ4v) is 1.77. The number of amides is 1. The van der Waals surface area contributed by atoms with Crippen LogP contribution < -0.4 is 0 Å². The third kappa shape index (κ3) is 4.65. The molecule has 1 aliphatic heterocycles. The fraction of sp³-hybridized carbons (Fsp3) is 0.917. The lowest BCUT2D eigenvalue weighted by atomic mass is 9.97. The van der Waals surface area contributed by atoms with Crippen molar-refractivity contribution >= 4 is 5.91 Å². The van der Waals surface area contributed by atoms with Crippen LogP contribution in [0.4, 0.5) is 0 Å². The van der Waals surface area contributed by atoms with Crippen LogP contribution in [0.3, 0.4) is 0 Å². The molecule has 0 aromatic carbocycles. The predicted molar refractivity (Wildman–Crippen MR) is 62.9 cm³/mol. The van der Waals surface area contributed by atoms with E-state index in [0.717, 1.165) is 32.4 Å². The Hall–Kier alpha value is -0.570. The number of carbonyl (C=O) groups is 1. The fourth-order valence-electron chi connectivity index (χ4n) is 1.77. The maximum Gasteiger partial charge on any atom is 0.219 e. The Morgan fingerprint density at radius 2 is 1.87 bits per heavy atom. The molecule has 1 amide bonds. The Bertz CT molecular complexity index is 194. The average molecular weight is 215 g/mol. The molecule has 0 aromatic heterocycles. The quantitative estimate of drug-likeness (QED) is 0.672. The highest BCUT2D eigenvalue weighted by molar-refractivity contribution is 5.73. The first-order valence-electron chi connectivity index (χ1n) is 5.88. The molecule has 3 heteroatoms. The highest BCUT2D eigenvalue weighted by Crippen LogP contribution is 2.24. The van der Waals surface area contributed by atoms with Gasteiger partial charge in [-0.2, -0.15) is 0 Å². The van der Waals surface area contributed by atoms with Gasteiger partial charge in [0, 0.05) is 27.1 Å². The molecular formula is C12H25NO2. The van der Waals surface area contributed by atoms with E-state index in [1.807, 2.05) is 18.7 Å². The zero-order valence-corrected chi connectivity index (χ0v) is 10.8. The summed E-state index contributed by atoms with van der Waals surface area (Å²) in [5, 5.41) is 0. The van der Waals surface area contributed by atoms with Crippen LogP contribution in [0.25, 0.3) is 0 Å². The number of methoxy groups -OCH3 is 1. The van der Waals surface area contributed by atoms with Gasteiger partial charge >= 0.3 is 0 Å². The summed E-state index contributed by atoms with van der Waals surface area (Å²) in [6, 6.07) is 0. The van der Waals surface area contributed by atoms with Gasteiger partial charge in [-0.25, -0.2) is 0 Å². The molecule has 1 fully saturated rings. The van der Waals surface area contributed by atoms with Crippen molar-refractivity contribution in [3.05, 3.63) is 0 Å². The minimum absolute atomic E-state index is 0.0236. The third-order valence-electron chi connectivity index (χ3n) is 2.98. The lowest BCUT2D eigenvalue weighted by molar-refractivity contribution is -0.128. The number of hydrogen-bond donors (Lipinski definition) is 0. The van der Waals surface area contributed by atoms with E-state index in [9.17, 15) is 4.79 Å². The molecule has 0 saturated carbocycles. The van der Waals surface area contributed by atoms with Crippen molar-refractivity contribution < 1.29 is 9.53 Å². The molecule has 0 N–H and O–H groups in total. The smallest absolute Gasteiger partial charge is 0.219 e. The Labute approximate surface area is 93.8 Å². The van der Waals surface area contributed by atoms with Crippen LogP contribution in [-0.4, -0.2) is 36.6 Å². The van der Waals surface area contributed by atoms with Crippen molar-refractivity contribution in [2.24, 2.45) is 0 Å². The summed E-state index contributed by atoms with van der Waals surface area (Å²) in [7, 11) is 1.75. The molecule has 1 atom stereocenters. The van der Waals surface area contributed by atoms with Gasteiger partial charge in [0.05, 0.1) is 5.60 Å². The van der Waals surface area contributed by atoms with Crippen molar-refractivity contribution in [2.75, 3.05) is 20.2 Å². The van der Waals surface area contributed by atoms with Gasteiger partial charge in [-0.1, -0.05) is 13.8 Å². The highest BCUT2D eigenvalue weighted by Gasteiger charge is 2.27. The van der Waals surface area contributed by atoms with E-state index in [0.29, 0.717) is 0 Å². The third-order valence-corrected chi connectivity index (χ3v) is 2.98. The van der Waals surface area contributed by atoms with E-state index in [1.165, 1.54) is 0 Å². The van der Waals surface area contributed by atoms with Gasteiger partial charge in [0.2, 0.25) is 5.91 Å². The summed E-state index contributed by atoms with van der Waals surface area (Å²) in [5.74, 6) is 0.181. The number of ether oxygens (including phenoxy) is 1. The van der Waals surface area contributed by atoms with Crippen LogP contribution in [0.15, 0.2) is 0 Å². The molecule has 0 spiro atoms. The average Bonchev–Trinajstić information content (AvgIpc) is 2.44. The number of likely N-dealkylation sites (tertiary alicyclic amines) is 1. The van der Waals surface area contributed by atoms with Gasteiger partial charge in [-0.3, -0.25) is 4.79 Å². The molecule has 3 nitrogen and oxygen atoms in total. The van der Waals surface area contributed by atoms with E-state index in [-0.39, 0.29) is 11.5 Å². The van der Waals surface area contributed by atoms with Crippen molar-refractivity contribution in [2.45, 2.75) is 52.6 Å². The van der Waals surface area contributed by atoms with Crippen LogP contribution in [-0.2, 0) is 9.53 Å². The largest absolute Gasteiger partial charge is 0.378 e. The van der Waals surface area contributed by atoms with Crippen LogP contribution >= 0.6 is 0 Å². The van der Waals surface area contributed by atoms with Crippen molar-refractivity contribution in [1.82, 2.24) is 4.90 Å². The van der Waals surface area contributed by atoms with Crippen LogP contribution in [0.2, 0.25) is 0 Å². The van der Waals surface area contributed by atoms with Crippen LogP contribution in [0.5, 0.6) is 0 Å². The molecule has 1 unspecified atom stereocenters. The summed E-state index contributed by atoms with van der Waals surface area (Å²) in [4.78, 5) is 13.0. The molecule has 1 saturated heterocycles. The first-order chi connectivity index (χ1) is 7.07. The summed E-state index contributed by atoms with van der Waals surface area (Å²) >= 11 is 0. The zero-order valence-electron chi connectivity index (χ0n) is 10.8. The maximum atomic E-state index is 11.1. The summed E-state index contributed by atoms with van der Waals surface area (Å²) in [5.41, 5.74) is -0.0236. The van der Waals surface area contributed by atoms with Gasteiger partial charge in [-0.15, -0.1) is 0 Å². The first-order valence-corrected chi connectivity index (χ1v) is 5.88. The van der Waals surface area contributed by atoms with Gasteiger partial charge in [-0.05, 0) is 26.2 Å². The Kier molecular flexibility index (Phi) is 6.57. The summed E-state index contributed by atoms with van der Waals surface area (Å²) in [6.07, 6.45) is 3.04. The maximum absolute atomic E-state index is 11.1. The number of nitrogens with zero attached hydrogens (tertiary/aromatic N) is 1. The van der Waals surface area contributed by atoms with Gasteiger partial charge in [0.15, 0.2) is 0 Å². The zero-order chi connectivity index (χ0) is 11.9. The standard InChI is InChI=1S/C10H19NO2.C2H6/c1-9(12)11-7-4-5-10(2,13-3)6-8-11;1-2/h4-8H2,1-3H3;1-2H3. The molecule has 0 aromatic rings. The molecule has 1 heterocycles. The Morgan fingerprint density at radius 1 is 1.27 bits per heavy atom. The van der Waals surface area contributed by atoms with E-state index in [4.69, 9.17) is 4.74 Å². The number of rotatable bonds is 1. The lowest BCUT2D eigenvalue weighted by Crippen LogP contribution is -2.32. The van der Waals surface area contributed by atoms with Crippen molar-refractivity contribution in [3.8, 4) is 0 Å². The van der Waals surface area contributed by atoms with Crippen LogP contribution in [0.1, 0.15) is 47.0 Å². The topological polar surface area (TPSA) is 29.5 Å². The number of hydrogen-bond acceptors (Lipinski definition) is 2. The minimum Gasteiger partial charge on any atom is -0.378 e. The molecule has 0 bridgehead atoms. The van der Waals surface area contributed by atoms with E-state index in [2.05, 4.69) is 6.92 Å². The number of carbonyl (C=O) groups excluding carboxylic acids is 1. The summed E-state index contributed by atoms with van der Waals surface area (Å²) in [6.45, 7) is 9.47. The molecule has 0 radical (unpaired) electrons. The second-order valence-corrected chi connectivity index (χ2v) is 4.01. The van der Waals surface area contributed by atoms with E-state index >= 15 is 0 Å². The molecule has 0 aliphatic carbocycles. The normalized spacial score (nSPS) is 26.3. The van der Waals surface area contributed by atoms with E-state index < -0.39 is 0 Å². The molecular weight excluding hydrogens is 190 g/mol. The molecule has 15 heavy (non-hydrogen) atoms. The van der Waals surface area contributed by atoms with Crippen LogP contribution in [0, 0.1) is 0 Å². The van der Waals surface area contributed by atoms with Gasteiger partial charge in [0.25, 0.3) is 0 Å². The van der Waals surface area contributed by atoms with E-state index in [1.54, 1.807) is 14.0 Å². The molecule has 1 aliphatic rings. The minimum atomic E-state index is -0.0236. The highest BCUT2D eigenvalue weighted by atomic mass is 16.5.